The molecule has 1 aliphatic rings. The zero-order valence-corrected chi connectivity index (χ0v) is 10.1. The summed E-state index contributed by atoms with van der Waals surface area (Å²) in [5.41, 5.74) is 2.37. The van der Waals surface area contributed by atoms with Crippen molar-refractivity contribution in [3.05, 3.63) is 17.2 Å². The number of hydrogen-bond donors (Lipinski definition) is 1. The van der Waals surface area contributed by atoms with Gasteiger partial charge in [-0.25, -0.2) is 4.98 Å². The first-order valence-corrected chi connectivity index (χ1v) is 6.22. The van der Waals surface area contributed by atoms with Gasteiger partial charge in [0.2, 0.25) is 0 Å². The second kappa shape index (κ2) is 4.69. The van der Waals surface area contributed by atoms with Gasteiger partial charge in [0, 0.05) is 11.6 Å². The van der Waals surface area contributed by atoms with Gasteiger partial charge in [0.25, 0.3) is 0 Å². The smallest absolute Gasteiger partial charge is 0.123 e. The molecule has 86 valence electrons. The van der Waals surface area contributed by atoms with Crippen molar-refractivity contribution in [2.24, 2.45) is 0 Å². The number of imidazole rings is 1. The van der Waals surface area contributed by atoms with Gasteiger partial charge >= 0.3 is 0 Å². The first-order chi connectivity index (χ1) is 7.76. The van der Waals surface area contributed by atoms with Gasteiger partial charge in [0.05, 0.1) is 11.8 Å². The minimum atomic E-state index is -0.0751. The van der Waals surface area contributed by atoms with Crippen LogP contribution in [0.4, 0.5) is 0 Å². The lowest BCUT2D eigenvalue weighted by atomic mass is 10.0. The Morgan fingerprint density at radius 1 is 1.50 bits per heavy atom. The zero-order chi connectivity index (χ0) is 11.5. The molecule has 3 nitrogen and oxygen atoms in total. The van der Waals surface area contributed by atoms with Crippen molar-refractivity contribution in [1.82, 2.24) is 9.97 Å². The Hall–Kier alpha value is -1.30. The second-order valence-electron chi connectivity index (χ2n) is 4.70. The lowest BCUT2D eigenvalue weighted by Crippen LogP contribution is -1.98. The molecule has 0 amide bonds. The Labute approximate surface area is 96.9 Å². The van der Waals surface area contributed by atoms with E-state index >= 15 is 0 Å². The van der Waals surface area contributed by atoms with Crippen LogP contribution in [0.2, 0.25) is 0 Å². The number of aryl methyl sites for hydroxylation is 1. The van der Waals surface area contributed by atoms with E-state index in [1.807, 2.05) is 6.92 Å². The zero-order valence-electron chi connectivity index (χ0n) is 10.1. The summed E-state index contributed by atoms with van der Waals surface area (Å²) in [6, 6.07) is 2.31. The van der Waals surface area contributed by atoms with E-state index in [4.69, 9.17) is 5.26 Å². The normalized spacial score (nSPS) is 18.6. The summed E-state index contributed by atoms with van der Waals surface area (Å²) < 4.78 is 0. The highest BCUT2D eigenvalue weighted by Gasteiger charge is 2.23. The molecule has 1 N–H and O–H groups in total. The Bertz CT molecular complexity index is 394. The molecule has 1 heterocycles. The average molecular weight is 217 g/mol. The van der Waals surface area contributed by atoms with Crippen molar-refractivity contribution < 1.29 is 0 Å². The largest absolute Gasteiger partial charge is 0.345 e. The fourth-order valence-corrected chi connectivity index (χ4v) is 2.61. The summed E-state index contributed by atoms with van der Waals surface area (Å²) in [5, 5.41) is 9.03. The first-order valence-electron chi connectivity index (χ1n) is 6.22. The number of nitriles is 1. The Morgan fingerprint density at radius 2 is 2.19 bits per heavy atom. The van der Waals surface area contributed by atoms with Gasteiger partial charge in [0.15, 0.2) is 0 Å². The molecule has 1 aliphatic carbocycles. The summed E-state index contributed by atoms with van der Waals surface area (Å²) in [5.74, 6) is 1.42. The summed E-state index contributed by atoms with van der Waals surface area (Å²) in [4.78, 5) is 7.95. The van der Waals surface area contributed by atoms with E-state index < -0.39 is 0 Å². The summed E-state index contributed by atoms with van der Waals surface area (Å²) in [7, 11) is 0. The van der Waals surface area contributed by atoms with Crippen molar-refractivity contribution in [2.45, 2.75) is 57.8 Å². The minimum Gasteiger partial charge on any atom is -0.345 e. The van der Waals surface area contributed by atoms with Crippen LogP contribution in [0.25, 0.3) is 0 Å². The van der Waals surface area contributed by atoms with Crippen molar-refractivity contribution in [3.63, 3.8) is 0 Å². The molecule has 2 rings (SSSR count). The van der Waals surface area contributed by atoms with Crippen LogP contribution in [-0.2, 0) is 0 Å². The molecule has 0 spiro atoms. The maximum Gasteiger partial charge on any atom is 0.123 e. The van der Waals surface area contributed by atoms with E-state index in [0.717, 1.165) is 17.9 Å². The van der Waals surface area contributed by atoms with Crippen molar-refractivity contribution in [2.75, 3.05) is 0 Å². The molecular weight excluding hydrogens is 198 g/mol. The van der Waals surface area contributed by atoms with E-state index in [9.17, 15) is 0 Å². The average Bonchev–Trinajstić information content (AvgIpc) is 2.89. The molecule has 1 fully saturated rings. The van der Waals surface area contributed by atoms with Crippen LogP contribution in [-0.4, -0.2) is 9.97 Å². The van der Waals surface area contributed by atoms with Crippen molar-refractivity contribution in [3.8, 4) is 6.07 Å². The Kier molecular flexibility index (Phi) is 3.28. The number of hydrogen-bond acceptors (Lipinski definition) is 2. The highest BCUT2D eigenvalue weighted by molar-refractivity contribution is 5.22. The lowest BCUT2D eigenvalue weighted by Gasteiger charge is -2.05. The number of rotatable bonds is 3. The highest BCUT2D eigenvalue weighted by Crippen LogP contribution is 2.35. The van der Waals surface area contributed by atoms with Crippen LogP contribution < -0.4 is 0 Å². The fourth-order valence-electron chi connectivity index (χ4n) is 2.61. The molecule has 16 heavy (non-hydrogen) atoms. The predicted molar refractivity (Wildman–Crippen MR) is 63.2 cm³/mol. The van der Waals surface area contributed by atoms with Crippen molar-refractivity contribution in [1.29, 1.82) is 5.26 Å². The van der Waals surface area contributed by atoms with Gasteiger partial charge in [-0.1, -0.05) is 19.8 Å². The molecule has 0 bridgehead atoms. The van der Waals surface area contributed by atoms with E-state index in [-0.39, 0.29) is 5.92 Å². The third-order valence-electron chi connectivity index (χ3n) is 3.58. The van der Waals surface area contributed by atoms with E-state index in [0.29, 0.717) is 5.92 Å². The molecule has 1 aromatic heterocycles. The molecule has 0 aromatic carbocycles. The van der Waals surface area contributed by atoms with E-state index in [1.54, 1.807) is 0 Å². The van der Waals surface area contributed by atoms with Gasteiger partial charge in [-0.05, 0) is 26.2 Å². The summed E-state index contributed by atoms with van der Waals surface area (Å²) in [6.45, 7) is 4.11. The third kappa shape index (κ3) is 1.97. The van der Waals surface area contributed by atoms with Crippen LogP contribution in [0.3, 0.4) is 0 Å². The molecule has 0 aliphatic heterocycles. The lowest BCUT2D eigenvalue weighted by molar-refractivity contribution is 0.688. The standard InChI is InChI=1S/C13H19N3/c1-3-10(8-14)13-15-9(2)12(16-13)11-6-4-5-7-11/h10-11H,3-7H2,1-2H3,(H,15,16). The molecule has 1 aromatic rings. The monoisotopic (exact) mass is 217 g/mol. The molecule has 1 atom stereocenters. The summed E-state index contributed by atoms with van der Waals surface area (Å²) in [6.07, 6.45) is 5.99. The van der Waals surface area contributed by atoms with Crippen LogP contribution in [0.1, 0.15) is 68.1 Å². The number of aromatic nitrogens is 2. The van der Waals surface area contributed by atoms with Crippen LogP contribution >= 0.6 is 0 Å². The maximum atomic E-state index is 9.03. The third-order valence-corrected chi connectivity index (χ3v) is 3.58. The van der Waals surface area contributed by atoms with Gasteiger partial charge < -0.3 is 4.98 Å². The molecule has 0 saturated heterocycles. The predicted octanol–water partition coefficient (Wildman–Crippen LogP) is 3.39. The summed E-state index contributed by atoms with van der Waals surface area (Å²) >= 11 is 0. The van der Waals surface area contributed by atoms with Gasteiger partial charge in [-0.15, -0.1) is 0 Å². The van der Waals surface area contributed by atoms with Crippen LogP contribution in [0.5, 0.6) is 0 Å². The highest BCUT2D eigenvalue weighted by atomic mass is 14.9. The minimum absolute atomic E-state index is 0.0751. The molecule has 1 unspecified atom stereocenters. The molecule has 1 saturated carbocycles. The molecular formula is C13H19N3. The van der Waals surface area contributed by atoms with Gasteiger partial charge in [-0.3, -0.25) is 0 Å². The Morgan fingerprint density at radius 3 is 2.75 bits per heavy atom. The second-order valence-corrected chi connectivity index (χ2v) is 4.70. The van der Waals surface area contributed by atoms with Crippen molar-refractivity contribution >= 4 is 0 Å². The first kappa shape index (κ1) is 11.2. The number of aromatic amines is 1. The van der Waals surface area contributed by atoms with Crippen LogP contribution in [0.15, 0.2) is 0 Å². The maximum absolute atomic E-state index is 9.03. The van der Waals surface area contributed by atoms with Gasteiger partial charge in [-0.2, -0.15) is 5.26 Å². The molecule has 0 radical (unpaired) electrons. The fraction of sp³-hybridized carbons (Fsp3) is 0.692. The molecule has 3 heteroatoms. The quantitative estimate of drug-likeness (QED) is 0.843. The SMILES string of the molecule is CCC(C#N)c1nc(C2CCCC2)c(C)[nH]1. The van der Waals surface area contributed by atoms with Gasteiger partial charge in [0.1, 0.15) is 11.7 Å². The van der Waals surface area contributed by atoms with E-state index in [1.165, 1.54) is 31.4 Å². The topological polar surface area (TPSA) is 52.5 Å². The Balaban J connectivity index is 2.24. The number of H-pyrrole nitrogens is 1. The number of nitrogens with one attached hydrogen (secondary N) is 1. The number of nitrogens with zero attached hydrogens (tertiary/aromatic N) is 2. The van der Waals surface area contributed by atoms with E-state index in [2.05, 4.69) is 23.0 Å². The van der Waals surface area contributed by atoms with Crippen LogP contribution in [0, 0.1) is 18.3 Å².